The van der Waals surface area contributed by atoms with E-state index in [1.54, 1.807) is 0 Å². The van der Waals surface area contributed by atoms with E-state index in [9.17, 15) is 14.2 Å². The van der Waals surface area contributed by atoms with Gasteiger partial charge in [0.15, 0.2) is 0 Å². The molecule has 0 aromatic rings. The quantitative estimate of drug-likeness (QED) is 0.368. The molecule has 96 valence electrons. The van der Waals surface area contributed by atoms with Crippen molar-refractivity contribution in [2.45, 2.75) is 12.8 Å². The standard InChI is InChI=1S/C3H7O6P.C3H6O3/c4-2-1-3(5)9-10(6,7)8;4-2-1-3(5)6/h4H,1-2H2,(H2,6,7,8);4H,1-2H2,(H,5,6). The van der Waals surface area contributed by atoms with E-state index in [-0.39, 0.29) is 13.0 Å². The van der Waals surface area contributed by atoms with Gasteiger partial charge in [0.1, 0.15) is 0 Å². The second-order valence-electron chi connectivity index (χ2n) is 2.29. The Labute approximate surface area is 90.5 Å². The van der Waals surface area contributed by atoms with Crippen molar-refractivity contribution >= 4 is 19.8 Å². The maximum atomic E-state index is 10.2. The summed E-state index contributed by atoms with van der Waals surface area (Å²) in [4.78, 5) is 35.6. The zero-order valence-electron chi connectivity index (χ0n) is 8.14. The Balaban J connectivity index is 0. The second kappa shape index (κ2) is 9.25. The number of carboxylic acids is 1. The van der Waals surface area contributed by atoms with Gasteiger partial charge in [0, 0.05) is 0 Å². The fourth-order valence-electron chi connectivity index (χ4n) is 0.365. The van der Waals surface area contributed by atoms with E-state index >= 15 is 0 Å². The minimum atomic E-state index is -4.71. The highest BCUT2D eigenvalue weighted by Gasteiger charge is 2.19. The van der Waals surface area contributed by atoms with Gasteiger partial charge in [-0.05, 0) is 0 Å². The molecule has 0 spiro atoms. The number of rotatable bonds is 5. The van der Waals surface area contributed by atoms with Gasteiger partial charge in [-0.3, -0.25) is 19.4 Å². The van der Waals surface area contributed by atoms with Crippen LogP contribution < -0.4 is 0 Å². The monoisotopic (exact) mass is 260 g/mol. The molecule has 0 aliphatic carbocycles. The molecule has 0 aliphatic rings. The molecule has 0 radical (unpaired) electrons. The molecular formula is C6H13O9P. The zero-order chi connectivity index (χ0) is 13.2. The van der Waals surface area contributed by atoms with Crippen LogP contribution in [0.1, 0.15) is 12.8 Å². The summed E-state index contributed by atoms with van der Waals surface area (Å²) >= 11 is 0. The summed E-state index contributed by atoms with van der Waals surface area (Å²) in [6.07, 6.45) is -0.564. The summed E-state index contributed by atoms with van der Waals surface area (Å²) in [6.45, 7) is -0.756. The lowest BCUT2D eigenvalue weighted by Crippen LogP contribution is -2.03. The molecule has 9 nitrogen and oxygen atoms in total. The number of carbonyl (C=O) groups is 2. The predicted molar refractivity (Wildman–Crippen MR) is 49.2 cm³/mol. The van der Waals surface area contributed by atoms with Gasteiger partial charge in [-0.15, -0.1) is 0 Å². The van der Waals surface area contributed by atoms with Crippen molar-refractivity contribution < 1.29 is 43.8 Å². The summed E-state index contributed by atoms with van der Waals surface area (Å²) in [6, 6.07) is 0. The van der Waals surface area contributed by atoms with Gasteiger partial charge in [-0.25, -0.2) is 4.57 Å². The van der Waals surface area contributed by atoms with Crippen LogP contribution in [0.2, 0.25) is 0 Å². The minimum absolute atomic E-state index is 0.153. The first-order valence-electron chi connectivity index (χ1n) is 3.94. The number of carbonyl (C=O) groups excluding carboxylic acids is 1. The Hall–Kier alpha value is -0.990. The first-order chi connectivity index (χ1) is 7.22. The number of aliphatic carboxylic acids is 1. The number of phosphoric acid groups is 1. The fourth-order valence-corrected chi connectivity index (χ4v) is 0.722. The average molecular weight is 260 g/mol. The molecule has 0 saturated carbocycles. The number of aliphatic hydroxyl groups excluding tert-OH is 2. The largest absolute Gasteiger partial charge is 0.526 e. The molecule has 0 fully saturated rings. The molecule has 0 aromatic carbocycles. The molecule has 0 aromatic heterocycles. The van der Waals surface area contributed by atoms with Crippen LogP contribution >= 0.6 is 7.82 Å². The van der Waals surface area contributed by atoms with Crippen LogP contribution in [-0.4, -0.2) is 50.3 Å². The van der Waals surface area contributed by atoms with E-state index in [1.807, 2.05) is 0 Å². The number of carboxylic acid groups (broad SMARTS) is 1. The number of hydrogen-bond acceptors (Lipinski definition) is 6. The molecule has 0 amide bonds. The number of phosphoric ester groups is 1. The first kappa shape index (κ1) is 17.4. The van der Waals surface area contributed by atoms with Crippen molar-refractivity contribution in [2.24, 2.45) is 0 Å². The Morgan fingerprint density at radius 1 is 1.06 bits per heavy atom. The van der Waals surface area contributed by atoms with Gasteiger partial charge in [-0.1, -0.05) is 0 Å². The van der Waals surface area contributed by atoms with E-state index < -0.39 is 32.8 Å². The lowest BCUT2D eigenvalue weighted by Gasteiger charge is -2.02. The molecule has 0 atom stereocenters. The average Bonchev–Trinajstić information content (AvgIpc) is 2.01. The molecule has 0 aliphatic heterocycles. The van der Waals surface area contributed by atoms with Crippen molar-refractivity contribution in [2.75, 3.05) is 13.2 Å². The van der Waals surface area contributed by atoms with Gasteiger partial charge in [0.05, 0.1) is 26.1 Å². The van der Waals surface area contributed by atoms with Crippen LogP contribution in [0, 0.1) is 0 Å². The zero-order valence-corrected chi connectivity index (χ0v) is 9.04. The normalized spacial score (nSPS) is 10.0. The smallest absolute Gasteiger partial charge is 0.481 e. The minimum Gasteiger partial charge on any atom is -0.481 e. The highest BCUT2D eigenvalue weighted by molar-refractivity contribution is 7.46. The van der Waals surface area contributed by atoms with Crippen LogP contribution in [0.15, 0.2) is 0 Å². The summed E-state index contributed by atoms with van der Waals surface area (Å²) in [7, 11) is -4.71. The molecule has 0 rings (SSSR count). The third kappa shape index (κ3) is 18.7. The van der Waals surface area contributed by atoms with Crippen LogP contribution in [0.25, 0.3) is 0 Å². The van der Waals surface area contributed by atoms with Gasteiger partial charge in [0.25, 0.3) is 0 Å². The maximum absolute atomic E-state index is 10.2. The van der Waals surface area contributed by atoms with E-state index in [1.165, 1.54) is 0 Å². The van der Waals surface area contributed by atoms with E-state index in [0.717, 1.165) is 0 Å². The van der Waals surface area contributed by atoms with Crippen molar-refractivity contribution in [1.29, 1.82) is 0 Å². The predicted octanol–water partition coefficient (Wildman–Crippen LogP) is -1.54. The number of aliphatic hydroxyl groups is 2. The third-order valence-electron chi connectivity index (χ3n) is 0.862. The van der Waals surface area contributed by atoms with Gasteiger partial charge >= 0.3 is 19.8 Å². The van der Waals surface area contributed by atoms with Crippen LogP contribution in [0.4, 0.5) is 0 Å². The van der Waals surface area contributed by atoms with Crippen molar-refractivity contribution in [3.05, 3.63) is 0 Å². The van der Waals surface area contributed by atoms with Crippen LogP contribution in [0.3, 0.4) is 0 Å². The Bertz CT molecular complexity index is 257. The molecule has 0 heterocycles. The first-order valence-corrected chi connectivity index (χ1v) is 5.47. The maximum Gasteiger partial charge on any atom is 0.526 e. The van der Waals surface area contributed by atoms with Crippen LogP contribution in [0.5, 0.6) is 0 Å². The van der Waals surface area contributed by atoms with Crippen molar-refractivity contribution in [1.82, 2.24) is 0 Å². The lowest BCUT2D eigenvalue weighted by atomic mass is 10.5. The third-order valence-corrected chi connectivity index (χ3v) is 1.30. The summed E-state index contributed by atoms with van der Waals surface area (Å²) < 4.78 is 13.4. The molecule has 0 bridgehead atoms. The Morgan fingerprint density at radius 3 is 1.69 bits per heavy atom. The van der Waals surface area contributed by atoms with E-state index in [2.05, 4.69) is 4.52 Å². The summed E-state index contributed by atoms with van der Waals surface area (Å²) in [5, 5.41) is 23.7. The highest BCUT2D eigenvalue weighted by atomic mass is 31.2. The van der Waals surface area contributed by atoms with Crippen LogP contribution in [-0.2, 0) is 18.7 Å². The molecule has 0 saturated heterocycles. The Morgan fingerprint density at radius 2 is 1.50 bits per heavy atom. The lowest BCUT2D eigenvalue weighted by molar-refractivity contribution is -0.138. The van der Waals surface area contributed by atoms with Gasteiger partial charge in [-0.2, -0.15) is 0 Å². The fraction of sp³-hybridized carbons (Fsp3) is 0.667. The molecule has 5 N–H and O–H groups in total. The van der Waals surface area contributed by atoms with E-state index in [0.29, 0.717) is 0 Å². The molecule has 0 unspecified atom stereocenters. The SMILES string of the molecule is O=C(CCO)OP(=O)(O)O.O=C(O)CCO. The van der Waals surface area contributed by atoms with E-state index in [4.69, 9.17) is 25.1 Å². The molecule has 16 heavy (non-hydrogen) atoms. The molecule has 10 heteroatoms. The second-order valence-corrected chi connectivity index (χ2v) is 3.46. The van der Waals surface area contributed by atoms with Gasteiger partial charge < -0.3 is 19.8 Å². The number of hydrogen-bond donors (Lipinski definition) is 5. The topological polar surface area (TPSA) is 162 Å². The van der Waals surface area contributed by atoms with Crippen molar-refractivity contribution in [3.8, 4) is 0 Å². The van der Waals surface area contributed by atoms with Gasteiger partial charge in [0.2, 0.25) is 0 Å². The van der Waals surface area contributed by atoms with Crippen molar-refractivity contribution in [3.63, 3.8) is 0 Å². The Kier molecular flexibility index (Phi) is 10.1. The summed E-state index contributed by atoms with van der Waals surface area (Å²) in [5.74, 6) is -2.08. The highest BCUT2D eigenvalue weighted by Crippen LogP contribution is 2.35. The summed E-state index contributed by atoms with van der Waals surface area (Å²) in [5.41, 5.74) is 0. The molecular weight excluding hydrogens is 247 g/mol.